The van der Waals surface area contributed by atoms with Crippen LogP contribution in [0.25, 0.3) is 6.08 Å². The molecular formula is C14H10BrFO3S. The molecule has 0 saturated heterocycles. The van der Waals surface area contributed by atoms with Crippen LogP contribution in [-0.4, -0.2) is 11.1 Å². The second-order valence-electron chi connectivity index (χ2n) is 3.83. The minimum Gasteiger partial charge on any atom is -0.487 e. The van der Waals surface area contributed by atoms with Crippen LogP contribution in [0.2, 0.25) is 0 Å². The van der Waals surface area contributed by atoms with E-state index in [2.05, 4.69) is 15.9 Å². The van der Waals surface area contributed by atoms with E-state index < -0.39 is 11.8 Å². The molecule has 0 saturated carbocycles. The van der Waals surface area contributed by atoms with Crippen molar-refractivity contribution < 1.29 is 19.0 Å². The molecule has 3 nitrogen and oxygen atoms in total. The number of aliphatic carboxylic acids is 1. The molecule has 0 radical (unpaired) electrons. The Hall–Kier alpha value is -1.66. The first-order chi connectivity index (χ1) is 9.56. The van der Waals surface area contributed by atoms with Crippen molar-refractivity contribution in [3.8, 4) is 5.75 Å². The molecule has 1 aromatic heterocycles. The summed E-state index contributed by atoms with van der Waals surface area (Å²) in [7, 11) is 0. The van der Waals surface area contributed by atoms with Crippen LogP contribution in [0.5, 0.6) is 5.75 Å². The molecule has 1 heterocycles. The molecule has 0 atom stereocenters. The lowest BCUT2D eigenvalue weighted by molar-refractivity contribution is -0.131. The average molecular weight is 357 g/mol. The van der Waals surface area contributed by atoms with Gasteiger partial charge in [-0.3, -0.25) is 0 Å². The molecule has 1 aromatic carbocycles. The number of carboxylic acids is 1. The quantitative estimate of drug-likeness (QED) is 0.811. The van der Waals surface area contributed by atoms with E-state index in [0.717, 1.165) is 15.4 Å². The van der Waals surface area contributed by atoms with Crippen molar-refractivity contribution >= 4 is 39.3 Å². The second kappa shape index (κ2) is 6.67. The zero-order chi connectivity index (χ0) is 14.5. The lowest BCUT2D eigenvalue weighted by Gasteiger charge is -2.08. The Morgan fingerprint density at radius 3 is 2.90 bits per heavy atom. The van der Waals surface area contributed by atoms with Gasteiger partial charge in [0, 0.05) is 16.1 Å². The first-order valence-corrected chi connectivity index (χ1v) is 7.29. The fourth-order valence-corrected chi connectivity index (χ4v) is 2.89. The lowest BCUT2D eigenvalue weighted by atomic mass is 10.2. The highest BCUT2D eigenvalue weighted by atomic mass is 79.9. The van der Waals surface area contributed by atoms with Gasteiger partial charge >= 0.3 is 5.97 Å². The van der Waals surface area contributed by atoms with Gasteiger partial charge in [0.25, 0.3) is 0 Å². The lowest BCUT2D eigenvalue weighted by Crippen LogP contribution is -1.96. The van der Waals surface area contributed by atoms with E-state index in [1.54, 1.807) is 0 Å². The predicted octanol–water partition coefficient (Wildman–Crippen LogP) is 4.33. The van der Waals surface area contributed by atoms with Gasteiger partial charge in [0.05, 0.1) is 4.88 Å². The van der Waals surface area contributed by atoms with Crippen LogP contribution in [0.1, 0.15) is 10.4 Å². The molecule has 0 spiro atoms. The zero-order valence-corrected chi connectivity index (χ0v) is 12.6. The van der Waals surface area contributed by atoms with E-state index in [9.17, 15) is 9.18 Å². The fraction of sp³-hybridized carbons (Fsp3) is 0.0714. The number of thiophene rings is 1. The summed E-state index contributed by atoms with van der Waals surface area (Å²) in [4.78, 5) is 11.5. The van der Waals surface area contributed by atoms with Crippen molar-refractivity contribution in [2.45, 2.75) is 6.61 Å². The summed E-state index contributed by atoms with van der Waals surface area (Å²) in [6.07, 6.45) is 2.26. The van der Waals surface area contributed by atoms with Gasteiger partial charge in [0.1, 0.15) is 18.2 Å². The van der Waals surface area contributed by atoms with Crippen LogP contribution < -0.4 is 4.74 Å². The number of hydrogen-bond acceptors (Lipinski definition) is 3. The Kier molecular flexibility index (Phi) is 4.92. The number of rotatable bonds is 5. The minimum atomic E-state index is -1.10. The molecule has 1 N–H and O–H groups in total. The fourth-order valence-electron chi connectivity index (χ4n) is 1.51. The molecule has 0 unspecified atom stereocenters. The number of hydrogen-bond donors (Lipinski definition) is 1. The van der Waals surface area contributed by atoms with E-state index >= 15 is 0 Å². The van der Waals surface area contributed by atoms with Gasteiger partial charge in [0.2, 0.25) is 0 Å². The number of halogens is 2. The van der Waals surface area contributed by atoms with Crippen LogP contribution in [-0.2, 0) is 11.4 Å². The van der Waals surface area contributed by atoms with Crippen molar-refractivity contribution in [2.24, 2.45) is 0 Å². The summed E-state index contributed by atoms with van der Waals surface area (Å²) in [5.41, 5.74) is 0.389. The highest BCUT2D eigenvalue weighted by molar-refractivity contribution is 9.10. The van der Waals surface area contributed by atoms with E-state index in [1.807, 2.05) is 11.4 Å². The second-order valence-corrected chi connectivity index (χ2v) is 5.69. The van der Waals surface area contributed by atoms with Crippen molar-refractivity contribution in [2.75, 3.05) is 0 Å². The smallest absolute Gasteiger partial charge is 0.328 e. The van der Waals surface area contributed by atoms with Crippen LogP contribution >= 0.6 is 27.3 Å². The molecule has 0 fully saturated rings. The number of carboxylic acid groups (broad SMARTS) is 1. The third-order valence-electron chi connectivity index (χ3n) is 2.43. The SMILES string of the molecule is O=C(O)/C=C/c1cc(F)ccc1OCc1sccc1Br. The summed E-state index contributed by atoms with van der Waals surface area (Å²) >= 11 is 4.94. The van der Waals surface area contributed by atoms with Crippen LogP contribution in [0.15, 0.2) is 40.2 Å². The highest BCUT2D eigenvalue weighted by Crippen LogP contribution is 2.27. The first-order valence-electron chi connectivity index (χ1n) is 5.61. The summed E-state index contributed by atoms with van der Waals surface area (Å²) in [6, 6.07) is 5.91. The monoisotopic (exact) mass is 356 g/mol. The van der Waals surface area contributed by atoms with Crippen molar-refractivity contribution in [1.29, 1.82) is 0 Å². The Morgan fingerprint density at radius 1 is 1.45 bits per heavy atom. The van der Waals surface area contributed by atoms with Gasteiger partial charge in [-0.25, -0.2) is 9.18 Å². The largest absolute Gasteiger partial charge is 0.487 e. The summed E-state index contributed by atoms with van der Waals surface area (Å²) in [6.45, 7) is 0.331. The Labute approximate surface area is 127 Å². The normalized spacial score (nSPS) is 10.9. The van der Waals surface area contributed by atoms with Crippen molar-refractivity contribution in [3.05, 3.63) is 56.5 Å². The van der Waals surface area contributed by atoms with Crippen molar-refractivity contribution in [1.82, 2.24) is 0 Å². The summed E-state index contributed by atoms with van der Waals surface area (Å²) in [5, 5.41) is 10.6. The van der Waals surface area contributed by atoms with Gasteiger partial charge in [0.15, 0.2) is 0 Å². The third-order valence-corrected chi connectivity index (χ3v) is 4.33. The molecule has 2 rings (SSSR count). The third kappa shape index (κ3) is 3.91. The van der Waals surface area contributed by atoms with E-state index in [4.69, 9.17) is 9.84 Å². The molecule has 0 amide bonds. The maximum Gasteiger partial charge on any atom is 0.328 e. The molecule has 6 heteroatoms. The Balaban J connectivity index is 2.18. The van der Waals surface area contributed by atoms with Crippen molar-refractivity contribution in [3.63, 3.8) is 0 Å². The van der Waals surface area contributed by atoms with Crippen LogP contribution in [0, 0.1) is 5.82 Å². The predicted molar refractivity (Wildman–Crippen MR) is 79.4 cm³/mol. The Bertz CT molecular complexity index is 652. The Morgan fingerprint density at radius 2 is 2.25 bits per heavy atom. The molecule has 20 heavy (non-hydrogen) atoms. The van der Waals surface area contributed by atoms with Gasteiger partial charge in [-0.2, -0.15) is 0 Å². The van der Waals surface area contributed by atoms with E-state index in [0.29, 0.717) is 17.9 Å². The van der Waals surface area contributed by atoms with Crippen LogP contribution in [0.4, 0.5) is 4.39 Å². The van der Waals surface area contributed by atoms with Crippen LogP contribution in [0.3, 0.4) is 0 Å². The number of ether oxygens (including phenoxy) is 1. The summed E-state index contributed by atoms with van der Waals surface area (Å²) in [5.74, 6) is -1.11. The molecule has 0 aliphatic heterocycles. The maximum absolute atomic E-state index is 13.2. The zero-order valence-electron chi connectivity index (χ0n) is 10.2. The maximum atomic E-state index is 13.2. The molecule has 0 bridgehead atoms. The van der Waals surface area contributed by atoms with Gasteiger partial charge in [-0.1, -0.05) is 0 Å². The standard InChI is InChI=1S/C14H10BrFO3S/c15-11-5-6-20-13(11)8-19-12-3-2-10(16)7-9(12)1-4-14(17)18/h1-7H,8H2,(H,17,18)/b4-1+. The molecule has 2 aromatic rings. The minimum absolute atomic E-state index is 0.331. The number of benzene rings is 1. The molecular weight excluding hydrogens is 347 g/mol. The average Bonchev–Trinajstić information content (AvgIpc) is 2.81. The first kappa shape index (κ1) is 14.7. The van der Waals surface area contributed by atoms with E-state index in [-0.39, 0.29) is 0 Å². The summed E-state index contributed by atoms with van der Waals surface area (Å²) < 4.78 is 19.8. The molecule has 0 aliphatic rings. The van der Waals surface area contributed by atoms with Gasteiger partial charge in [-0.05, 0) is 51.7 Å². The molecule has 0 aliphatic carbocycles. The molecule has 104 valence electrons. The van der Waals surface area contributed by atoms with E-state index in [1.165, 1.54) is 35.6 Å². The topological polar surface area (TPSA) is 46.5 Å². The van der Waals surface area contributed by atoms with Gasteiger partial charge < -0.3 is 9.84 Å². The number of carbonyl (C=O) groups is 1. The van der Waals surface area contributed by atoms with Gasteiger partial charge in [-0.15, -0.1) is 11.3 Å². The highest BCUT2D eigenvalue weighted by Gasteiger charge is 2.06.